The molecule has 0 aromatic heterocycles. The smallest absolute Gasteiger partial charge is 0.191 e. The molecule has 0 unspecified atom stereocenters. The van der Waals surface area contributed by atoms with Gasteiger partial charge in [-0.25, -0.2) is 0 Å². The number of benzene rings is 1. The first-order valence-electron chi connectivity index (χ1n) is 6.87. The lowest BCUT2D eigenvalue weighted by atomic mass is 10.2. The molecule has 1 aromatic carbocycles. The molecular formula is C15H27IN4O. The van der Waals surface area contributed by atoms with E-state index in [1.54, 1.807) is 14.2 Å². The normalized spacial score (nSPS) is 10.8. The molecule has 120 valence electrons. The van der Waals surface area contributed by atoms with Crippen molar-refractivity contribution in [3.05, 3.63) is 29.8 Å². The van der Waals surface area contributed by atoms with Crippen LogP contribution in [0.25, 0.3) is 0 Å². The van der Waals surface area contributed by atoms with Gasteiger partial charge in [-0.05, 0) is 24.1 Å². The molecular weight excluding hydrogens is 379 g/mol. The summed E-state index contributed by atoms with van der Waals surface area (Å²) in [6.07, 6.45) is 0.967. The van der Waals surface area contributed by atoms with E-state index in [4.69, 9.17) is 4.74 Å². The van der Waals surface area contributed by atoms with E-state index in [9.17, 15) is 0 Å². The number of halogens is 1. The summed E-state index contributed by atoms with van der Waals surface area (Å²) in [6.45, 7) is 2.38. The number of anilines is 1. The maximum atomic E-state index is 5.01. The van der Waals surface area contributed by atoms with Crippen LogP contribution in [0.15, 0.2) is 29.3 Å². The molecule has 0 aliphatic heterocycles. The Bertz CT molecular complexity index is 407. The van der Waals surface area contributed by atoms with Crippen LogP contribution in [0.1, 0.15) is 12.0 Å². The fourth-order valence-corrected chi connectivity index (χ4v) is 1.74. The number of rotatable bonds is 7. The molecule has 0 fully saturated rings. The van der Waals surface area contributed by atoms with Crippen LogP contribution in [-0.2, 0) is 11.3 Å². The summed E-state index contributed by atoms with van der Waals surface area (Å²) in [6, 6.07) is 8.48. The molecule has 5 nitrogen and oxygen atoms in total. The van der Waals surface area contributed by atoms with Gasteiger partial charge in [-0.2, -0.15) is 0 Å². The molecule has 0 radical (unpaired) electrons. The highest BCUT2D eigenvalue weighted by Crippen LogP contribution is 2.11. The van der Waals surface area contributed by atoms with Crippen LogP contribution in [0.3, 0.4) is 0 Å². The number of nitrogens with one attached hydrogen (secondary N) is 2. The highest BCUT2D eigenvalue weighted by molar-refractivity contribution is 14.0. The largest absolute Gasteiger partial charge is 0.385 e. The maximum absolute atomic E-state index is 5.01. The van der Waals surface area contributed by atoms with Crippen molar-refractivity contribution < 1.29 is 4.74 Å². The summed E-state index contributed by atoms with van der Waals surface area (Å²) in [5, 5.41) is 6.55. The predicted molar refractivity (Wildman–Crippen MR) is 101 cm³/mol. The lowest BCUT2D eigenvalue weighted by molar-refractivity contribution is 0.195. The molecule has 2 N–H and O–H groups in total. The van der Waals surface area contributed by atoms with Crippen molar-refractivity contribution in [1.82, 2.24) is 10.6 Å². The van der Waals surface area contributed by atoms with Crippen LogP contribution < -0.4 is 15.5 Å². The molecule has 0 atom stereocenters. The Morgan fingerprint density at radius 3 is 2.38 bits per heavy atom. The maximum Gasteiger partial charge on any atom is 0.191 e. The Hall–Kier alpha value is -1.02. The first kappa shape index (κ1) is 20.0. The molecule has 0 bridgehead atoms. The zero-order valence-electron chi connectivity index (χ0n) is 13.3. The Kier molecular flexibility index (Phi) is 11.1. The van der Waals surface area contributed by atoms with Gasteiger partial charge in [0.2, 0.25) is 0 Å². The van der Waals surface area contributed by atoms with E-state index in [1.165, 1.54) is 11.3 Å². The van der Waals surface area contributed by atoms with Gasteiger partial charge in [-0.3, -0.25) is 4.99 Å². The highest BCUT2D eigenvalue weighted by Gasteiger charge is 1.99. The second-order valence-corrected chi connectivity index (χ2v) is 4.76. The predicted octanol–water partition coefficient (Wildman–Crippen LogP) is 2.07. The highest BCUT2D eigenvalue weighted by atomic mass is 127. The Morgan fingerprint density at radius 1 is 1.19 bits per heavy atom. The fourth-order valence-electron chi connectivity index (χ4n) is 1.74. The summed E-state index contributed by atoms with van der Waals surface area (Å²) < 4.78 is 5.01. The van der Waals surface area contributed by atoms with Gasteiger partial charge in [0.05, 0.1) is 0 Å². The lowest BCUT2D eigenvalue weighted by Gasteiger charge is -2.14. The first-order chi connectivity index (χ1) is 9.67. The second kappa shape index (κ2) is 11.6. The molecule has 0 amide bonds. The molecule has 0 spiro atoms. The first-order valence-corrected chi connectivity index (χ1v) is 6.87. The van der Waals surface area contributed by atoms with Gasteiger partial charge < -0.3 is 20.3 Å². The topological polar surface area (TPSA) is 48.9 Å². The Morgan fingerprint density at radius 2 is 1.86 bits per heavy atom. The molecule has 1 rings (SSSR count). The van der Waals surface area contributed by atoms with E-state index in [2.05, 4.69) is 44.8 Å². The summed E-state index contributed by atoms with van der Waals surface area (Å²) in [4.78, 5) is 6.28. The quantitative estimate of drug-likeness (QED) is 0.315. The van der Waals surface area contributed by atoms with E-state index in [-0.39, 0.29) is 24.0 Å². The molecule has 0 saturated heterocycles. The average molecular weight is 406 g/mol. The minimum Gasteiger partial charge on any atom is -0.385 e. The molecule has 0 aliphatic rings. The third-order valence-electron chi connectivity index (χ3n) is 2.95. The third kappa shape index (κ3) is 8.11. The van der Waals surface area contributed by atoms with Crippen molar-refractivity contribution in [2.45, 2.75) is 13.0 Å². The minimum absolute atomic E-state index is 0. The van der Waals surface area contributed by atoms with E-state index in [0.717, 1.165) is 32.1 Å². The van der Waals surface area contributed by atoms with Crippen molar-refractivity contribution in [2.24, 2.45) is 4.99 Å². The fraction of sp³-hybridized carbons (Fsp3) is 0.533. The number of aliphatic imine (C=N–C) groups is 1. The molecule has 6 heteroatoms. The van der Waals surface area contributed by atoms with Crippen LogP contribution >= 0.6 is 24.0 Å². The molecule has 1 aromatic rings. The van der Waals surface area contributed by atoms with Crippen LogP contribution in [0.4, 0.5) is 5.69 Å². The van der Waals surface area contributed by atoms with E-state index in [1.807, 2.05) is 14.1 Å². The van der Waals surface area contributed by atoms with Crippen molar-refractivity contribution in [1.29, 1.82) is 0 Å². The molecule has 0 aliphatic carbocycles. The van der Waals surface area contributed by atoms with Gasteiger partial charge in [0.15, 0.2) is 5.96 Å². The average Bonchev–Trinajstić information content (AvgIpc) is 2.47. The minimum atomic E-state index is 0. The van der Waals surface area contributed by atoms with Crippen LogP contribution in [-0.4, -0.2) is 47.4 Å². The molecule has 0 heterocycles. The van der Waals surface area contributed by atoms with Gasteiger partial charge in [0.25, 0.3) is 0 Å². The summed E-state index contributed by atoms with van der Waals surface area (Å²) >= 11 is 0. The standard InChI is InChI=1S/C15H26N4O.HI/c1-16-15(17-10-5-11-20-4)18-12-13-6-8-14(9-7-13)19(2)3;/h6-9H,5,10-12H2,1-4H3,(H2,16,17,18);1H. The Labute approximate surface area is 145 Å². The number of hydrogen-bond acceptors (Lipinski definition) is 3. The van der Waals surface area contributed by atoms with Crippen LogP contribution in [0, 0.1) is 0 Å². The lowest BCUT2D eigenvalue weighted by Crippen LogP contribution is -2.37. The van der Waals surface area contributed by atoms with Gasteiger partial charge >= 0.3 is 0 Å². The van der Waals surface area contributed by atoms with E-state index >= 15 is 0 Å². The van der Waals surface area contributed by atoms with Gasteiger partial charge in [-0.1, -0.05) is 12.1 Å². The SMILES string of the molecule is CN=C(NCCCOC)NCc1ccc(N(C)C)cc1.I. The third-order valence-corrected chi connectivity index (χ3v) is 2.95. The Balaban J connectivity index is 0.00000400. The summed E-state index contributed by atoms with van der Waals surface area (Å²) in [5.74, 6) is 0.817. The number of hydrogen-bond donors (Lipinski definition) is 2. The number of methoxy groups -OCH3 is 1. The van der Waals surface area contributed by atoms with Crippen molar-refractivity contribution >= 4 is 35.6 Å². The van der Waals surface area contributed by atoms with Gasteiger partial charge in [0, 0.05) is 53.6 Å². The number of nitrogens with zero attached hydrogens (tertiary/aromatic N) is 2. The van der Waals surface area contributed by atoms with E-state index in [0.29, 0.717) is 0 Å². The monoisotopic (exact) mass is 406 g/mol. The number of ether oxygens (including phenoxy) is 1. The van der Waals surface area contributed by atoms with Crippen molar-refractivity contribution in [3.8, 4) is 0 Å². The van der Waals surface area contributed by atoms with Crippen molar-refractivity contribution in [2.75, 3.05) is 46.3 Å². The van der Waals surface area contributed by atoms with E-state index < -0.39 is 0 Å². The summed E-state index contributed by atoms with van der Waals surface area (Å²) in [5.41, 5.74) is 2.44. The van der Waals surface area contributed by atoms with Gasteiger partial charge in [-0.15, -0.1) is 24.0 Å². The van der Waals surface area contributed by atoms with Gasteiger partial charge in [0.1, 0.15) is 0 Å². The van der Waals surface area contributed by atoms with Crippen LogP contribution in [0.5, 0.6) is 0 Å². The zero-order chi connectivity index (χ0) is 14.8. The number of guanidine groups is 1. The zero-order valence-corrected chi connectivity index (χ0v) is 15.7. The van der Waals surface area contributed by atoms with Crippen molar-refractivity contribution in [3.63, 3.8) is 0 Å². The molecule has 0 saturated carbocycles. The summed E-state index contributed by atoms with van der Waals surface area (Å²) in [7, 11) is 7.57. The van der Waals surface area contributed by atoms with Crippen LogP contribution in [0.2, 0.25) is 0 Å². The second-order valence-electron chi connectivity index (χ2n) is 4.76. The molecule has 21 heavy (non-hydrogen) atoms.